The average molecular weight is 383 g/mol. The smallest absolute Gasteiger partial charge is 0.251 e. The fraction of sp³-hybridized carbons (Fsp3) is 0.174. The van der Waals surface area contributed by atoms with Crippen molar-refractivity contribution in [3.63, 3.8) is 0 Å². The summed E-state index contributed by atoms with van der Waals surface area (Å²) in [4.78, 5) is 9.33. The number of hydrogen-bond donors (Lipinski definition) is 0. The molecule has 0 N–H and O–H groups in total. The number of nitrogens with zero attached hydrogens (tertiary/aromatic N) is 5. The maximum absolute atomic E-state index is 5.98. The van der Waals surface area contributed by atoms with Crippen molar-refractivity contribution in [1.82, 2.24) is 15.2 Å². The van der Waals surface area contributed by atoms with E-state index in [9.17, 15) is 0 Å². The molecule has 2 aromatic carbocycles. The molecule has 4 aromatic rings. The Balaban J connectivity index is 1.38. The van der Waals surface area contributed by atoms with E-state index in [4.69, 9.17) is 4.42 Å². The highest BCUT2D eigenvalue weighted by Crippen LogP contribution is 2.31. The highest BCUT2D eigenvalue weighted by molar-refractivity contribution is 5.71. The van der Waals surface area contributed by atoms with Gasteiger partial charge in [0, 0.05) is 43.6 Å². The zero-order valence-corrected chi connectivity index (χ0v) is 16.0. The number of aromatic nitrogens is 3. The molecule has 0 saturated carbocycles. The molecule has 0 aliphatic carbocycles. The molecule has 0 spiro atoms. The lowest BCUT2D eigenvalue weighted by molar-refractivity contribution is 0.582. The number of rotatable bonds is 4. The van der Waals surface area contributed by atoms with Crippen LogP contribution in [0.15, 0.2) is 83.4 Å². The average Bonchev–Trinajstić information content (AvgIpc) is 3.31. The molecule has 144 valence electrons. The van der Waals surface area contributed by atoms with Crippen molar-refractivity contribution in [2.45, 2.75) is 0 Å². The maximum atomic E-state index is 5.98. The fourth-order valence-corrected chi connectivity index (χ4v) is 3.66. The summed E-state index contributed by atoms with van der Waals surface area (Å²) in [6, 6.07) is 24.2. The molecule has 2 aromatic heterocycles. The van der Waals surface area contributed by atoms with Gasteiger partial charge in [0.1, 0.15) is 5.82 Å². The van der Waals surface area contributed by atoms with Crippen LogP contribution in [-0.2, 0) is 0 Å². The molecule has 29 heavy (non-hydrogen) atoms. The van der Waals surface area contributed by atoms with Crippen LogP contribution in [0.4, 0.5) is 11.5 Å². The second-order valence-electron chi connectivity index (χ2n) is 6.96. The molecule has 0 radical (unpaired) electrons. The molecule has 0 amide bonds. The van der Waals surface area contributed by atoms with E-state index < -0.39 is 0 Å². The fourth-order valence-electron chi connectivity index (χ4n) is 3.66. The molecular formula is C23H21N5O. The van der Waals surface area contributed by atoms with Crippen molar-refractivity contribution in [2.24, 2.45) is 0 Å². The van der Waals surface area contributed by atoms with Crippen molar-refractivity contribution < 1.29 is 4.42 Å². The third-order valence-electron chi connectivity index (χ3n) is 5.16. The lowest BCUT2D eigenvalue weighted by Gasteiger charge is -2.37. The van der Waals surface area contributed by atoms with Gasteiger partial charge in [0.25, 0.3) is 5.89 Å². The normalized spacial score (nSPS) is 14.2. The Labute approximate surface area is 169 Å². The van der Waals surface area contributed by atoms with Gasteiger partial charge in [-0.1, -0.05) is 36.4 Å². The number of pyridine rings is 1. The van der Waals surface area contributed by atoms with E-state index in [0.717, 1.165) is 43.1 Å². The molecular weight excluding hydrogens is 362 g/mol. The van der Waals surface area contributed by atoms with Crippen LogP contribution in [0.1, 0.15) is 0 Å². The van der Waals surface area contributed by atoms with Crippen LogP contribution in [0.25, 0.3) is 22.9 Å². The summed E-state index contributed by atoms with van der Waals surface area (Å²) >= 11 is 0. The summed E-state index contributed by atoms with van der Waals surface area (Å²) in [5, 5.41) is 8.52. The van der Waals surface area contributed by atoms with Crippen LogP contribution in [0.2, 0.25) is 0 Å². The Morgan fingerprint density at radius 3 is 2.07 bits per heavy atom. The quantitative estimate of drug-likeness (QED) is 0.528. The Morgan fingerprint density at radius 2 is 1.31 bits per heavy atom. The highest BCUT2D eigenvalue weighted by atomic mass is 16.4. The van der Waals surface area contributed by atoms with E-state index in [2.05, 4.69) is 49.2 Å². The summed E-state index contributed by atoms with van der Waals surface area (Å²) in [6.45, 7) is 3.66. The maximum Gasteiger partial charge on any atom is 0.251 e. The van der Waals surface area contributed by atoms with Gasteiger partial charge < -0.3 is 14.2 Å². The molecule has 1 saturated heterocycles. The third kappa shape index (κ3) is 3.57. The number of benzene rings is 2. The zero-order valence-electron chi connectivity index (χ0n) is 16.0. The van der Waals surface area contributed by atoms with Gasteiger partial charge in [0.2, 0.25) is 5.89 Å². The van der Waals surface area contributed by atoms with Gasteiger partial charge in [0.05, 0.1) is 5.56 Å². The Morgan fingerprint density at radius 1 is 0.655 bits per heavy atom. The molecule has 3 heterocycles. The molecule has 5 rings (SSSR count). The van der Waals surface area contributed by atoms with E-state index in [1.54, 1.807) is 0 Å². The van der Waals surface area contributed by atoms with Gasteiger partial charge in [0.15, 0.2) is 0 Å². The van der Waals surface area contributed by atoms with Gasteiger partial charge >= 0.3 is 0 Å². The molecule has 6 nitrogen and oxygen atoms in total. The van der Waals surface area contributed by atoms with Gasteiger partial charge in [-0.05, 0) is 36.4 Å². The molecule has 6 heteroatoms. The van der Waals surface area contributed by atoms with Gasteiger partial charge in [-0.2, -0.15) is 0 Å². The molecule has 1 aliphatic rings. The van der Waals surface area contributed by atoms with Crippen molar-refractivity contribution in [3.05, 3.63) is 79.0 Å². The third-order valence-corrected chi connectivity index (χ3v) is 5.16. The van der Waals surface area contributed by atoms with Crippen LogP contribution >= 0.6 is 0 Å². The number of para-hydroxylation sites is 1. The summed E-state index contributed by atoms with van der Waals surface area (Å²) in [7, 11) is 0. The lowest BCUT2D eigenvalue weighted by atomic mass is 10.2. The van der Waals surface area contributed by atoms with Gasteiger partial charge in [-0.25, -0.2) is 4.98 Å². The van der Waals surface area contributed by atoms with E-state index in [-0.39, 0.29) is 0 Å². The van der Waals surface area contributed by atoms with Crippen LogP contribution in [-0.4, -0.2) is 41.4 Å². The van der Waals surface area contributed by atoms with Crippen LogP contribution < -0.4 is 9.80 Å². The van der Waals surface area contributed by atoms with Crippen LogP contribution in [0.3, 0.4) is 0 Å². The van der Waals surface area contributed by atoms with Crippen LogP contribution in [0.5, 0.6) is 0 Å². The van der Waals surface area contributed by atoms with E-state index in [1.165, 1.54) is 5.69 Å². The summed E-state index contributed by atoms with van der Waals surface area (Å²) in [5.74, 6) is 1.91. The first-order valence-electron chi connectivity index (χ1n) is 9.78. The second-order valence-corrected chi connectivity index (χ2v) is 6.96. The Kier molecular flexibility index (Phi) is 4.66. The van der Waals surface area contributed by atoms with Gasteiger partial charge in [-0.15, -0.1) is 10.2 Å². The molecule has 1 fully saturated rings. The minimum atomic E-state index is 0.498. The molecule has 1 aliphatic heterocycles. The first-order chi connectivity index (χ1) is 14.4. The Bertz CT molecular complexity index is 1070. The van der Waals surface area contributed by atoms with E-state index in [1.807, 2.05) is 54.7 Å². The minimum Gasteiger partial charge on any atom is -0.416 e. The minimum absolute atomic E-state index is 0.498. The lowest BCUT2D eigenvalue weighted by Crippen LogP contribution is -2.47. The first kappa shape index (κ1) is 17.4. The van der Waals surface area contributed by atoms with Crippen molar-refractivity contribution in [3.8, 4) is 22.9 Å². The topological polar surface area (TPSA) is 58.3 Å². The Hall–Kier alpha value is -3.67. The first-order valence-corrected chi connectivity index (χ1v) is 9.78. The van der Waals surface area contributed by atoms with Crippen molar-refractivity contribution >= 4 is 11.5 Å². The highest BCUT2D eigenvalue weighted by Gasteiger charge is 2.23. The number of piperazine rings is 1. The largest absolute Gasteiger partial charge is 0.416 e. The predicted octanol–water partition coefficient (Wildman–Crippen LogP) is 4.13. The summed E-state index contributed by atoms with van der Waals surface area (Å²) in [5.41, 5.74) is 3.04. The van der Waals surface area contributed by atoms with Crippen molar-refractivity contribution in [1.29, 1.82) is 0 Å². The van der Waals surface area contributed by atoms with Gasteiger partial charge in [-0.3, -0.25) is 0 Å². The molecule has 0 unspecified atom stereocenters. The van der Waals surface area contributed by atoms with E-state index >= 15 is 0 Å². The van der Waals surface area contributed by atoms with Crippen LogP contribution in [0, 0.1) is 0 Å². The summed E-state index contributed by atoms with van der Waals surface area (Å²) < 4.78 is 5.98. The standard InChI is InChI=1S/C23H21N5O/c1-3-8-18(9-4-1)22-25-26-23(29-22)20-12-7-13-24-21(20)28-16-14-27(15-17-28)19-10-5-2-6-11-19/h1-13H,14-17H2. The number of anilines is 2. The molecule has 0 bridgehead atoms. The zero-order chi connectivity index (χ0) is 19.5. The van der Waals surface area contributed by atoms with Crippen molar-refractivity contribution in [2.75, 3.05) is 36.0 Å². The SMILES string of the molecule is c1ccc(-c2nnc(-c3cccnc3N3CCN(c4ccccc4)CC3)o2)cc1. The predicted molar refractivity (Wildman–Crippen MR) is 114 cm³/mol. The summed E-state index contributed by atoms with van der Waals surface area (Å²) in [6.07, 6.45) is 1.82. The molecule has 0 atom stereocenters. The van der Waals surface area contributed by atoms with E-state index in [0.29, 0.717) is 11.8 Å². The second kappa shape index (κ2) is 7.75. The monoisotopic (exact) mass is 383 g/mol. The number of hydrogen-bond acceptors (Lipinski definition) is 6.